The van der Waals surface area contributed by atoms with Gasteiger partial charge < -0.3 is 14.2 Å². The highest BCUT2D eigenvalue weighted by Gasteiger charge is 2.14. The molecule has 10 heteroatoms. The fraction of sp³-hybridized carbons (Fsp3) is 0.150. The lowest BCUT2D eigenvalue weighted by Crippen LogP contribution is -2.20. The molecule has 3 aromatic rings. The number of hydrogen-bond donors (Lipinski definition) is 1. The van der Waals surface area contributed by atoms with Crippen LogP contribution in [0.25, 0.3) is 11.3 Å². The molecule has 0 spiro atoms. The van der Waals surface area contributed by atoms with Gasteiger partial charge in [-0.1, -0.05) is 6.07 Å². The van der Waals surface area contributed by atoms with E-state index >= 15 is 0 Å². The zero-order valence-electron chi connectivity index (χ0n) is 15.6. The number of thiazole rings is 1. The van der Waals surface area contributed by atoms with E-state index in [1.807, 2.05) is 12.1 Å². The molecule has 0 radical (unpaired) electrons. The Morgan fingerprint density at radius 3 is 2.60 bits per heavy atom. The summed E-state index contributed by atoms with van der Waals surface area (Å²) in [6.45, 7) is -3.57. The number of hydrogen-bond acceptors (Lipinski definition) is 7. The van der Waals surface area contributed by atoms with Gasteiger partial charge in [0.25, 0.3) is 5.91 Å². The van der Waals surface area contributed by atoms with Crippen molar-refractivity contribution in [3.8, 4) is 22.8 Å². The summed E-state index contributed by atoms with van der Waals surface area (Å²) in [5, 5.41) is 4.66. The number of rotatable bonds is 8. The van der Waals surface area contributed by atoms with Crippen molar-refractivity contribution in [1.29, 1.82) is 0 Å². The van der Waals surface area contributed by atoms with Gasteiger partial charge >= 0.3 is 12.6 Å². The van der Waals surface area contributed by atoms with Crippen molar-refractivity contribution in [1.82, 2.24) is 4.98 Å². The third-order valence-electron chi connectivity index (χ3n) is 3.77. The van der Waals surface area contributed by atoms with Crippen LogP contribution in [0.2, 0.25) is 0 Å². The van der Waals surface area contributed by atoms with Crippen molar-refractivity contribution in [2.75, 3.05) is 19.0 Å². The highest BCUT2D eigenvalue weighted by molar-refractivity contribution is 7.14. The van der Waals surface area contributed by atoms with Crippen molar-refractivity contribution < 1.29 is 32.6 Å². The lowest BCUT2D eigenvalue weighted by molar-refractivity contribution is -0.119. The fourth-order valence-electron chi connectivity index (χ4n) is 2.39. The van der Waals surface area contributed by atoms with E-state index in [2.05, 4.69) is 15.0 Å². The zero-order chi connectivity index (χ0) is 21.5. The van der Waals surface area contributed by atoms with E-state index in [1.54, 1.807) is 24.6 Å². The first-order chi connectivity index (χ1) is 14.4. The van der Waals surface area contributed by atoms with Crippen molar-refractivity contribution in [2.45, 2.75) is 6.61 Å². The molecule has 1 aromatic heterocycles. The van der Waals surface area contributed by atoms with E-state index in [-0.39, 0.29) is 11.3 Å². The number of carbonyl (C=O) groups is 2. The van der Waals surface area contributed by atoms with Crippen LogP contribution in [0, 0.1) is 0 Å². The third-order valence-corrected chi connectivity index (χ3v) is 4.52. The molecule has 0 saturated heterocycles. The summed E-state index contributed by atoms with van der Waals surface area (Å²) in [4.78, 5) is 28.4. The topological polar surface area (TPSA) is 86.8 Å². The first-order valence-electron chi connectivity index (χ1n) is 8.56. The van der Waals surface area contributed by atoms with Crippen molar-refractivity contribution in [3.63, 3.8) is 0 Å². The molecule has 0 saturated carbocycles. The van der Waals surface area contributed by atoms with Gasteiger partial charge in [0.2, 0.25) is 0 Å². The van der Waals surface area contributed by atoms with Crippen LogP contribution in [0.4, 0.5) is 13.9 Å². The molecule has 0 unspecified atom stereocenters. The Hall–Kier alpha value is -3.53. The summed E-state index contributed by atoms with van der Waals surface area (Å²) >= 11 is 1.22. The minimum Gasteiger partial charge on any atom is -0.497 e. The summed E-state index contributed by atoms with van der Waals surface area (Å²) in [5.74, 6) is -0.893. The molecule has 0 aliphatic carbocycles. The molecule has 156 valence electrons. The second-order valence-corrected chi connectivity index (χ2v) is 6.66. The number of alkyl halides is 2. The van der Waals surface area contributed by atoms with E-state index in [4.69, 9.17) is 9.47 Å². The largest absolute Gasteiger partial charge is 0.497 e. The maximum absolute atomic E-state index is 12.3. The van der Waals surface area contributed by atoms with Crippen LogP contribution in [-0.2, 0) is 9.53 Å². The number of nitrogens with zero attached hydrogens (tertiary/aromatic N) is 1. The molecule has 0 aliphatic heterocycles. The van der Waals surface area contributed by atoms with Gasteiger partial charge in [-0.2, -0.15) is 8.78 Å². The summed E-state index contributed by atoms with van der Waals surface area (Å²) in [5.41, 5.74) is 1.51. The molecule has 1 amide bonds. The van der Waals surface area contributed by atoms with Crippen molar-refractivity contribution in [2.24, 2.45) is 0 Å². The van der Waals surface area contributed by atoms with Crippen molar-refractivity contribution in [3.05, 3.63) is 59.5 Å². The normalized spacial score (nSPS) is 10.5. The molecule has 0 fully saturated rings. The molecule has 0 aliphatic rings. The van der Waals surface area contributed by atoms with Gasteiger partial charge in [0.1, 0.15) is 11.5 Å². The zero-order valence-corrected chi connectivity index (χ0v) is 16.4. The Balaban J connectivity index is 1.53. The van der Waals surface area contributed by atoms with Gasteiger partial charge in [0.15, 0.2) is 11.7 Å². The second-order valence-electron chi connectivity index (χ2n) is 5.80. The number of ether oxygens (including phenoxy) is 3. The number of methoxy groups -OCH3 is 1. The molecule has 1 heterocycles. The van der Waals surface area contributed by atoms with Crippen LogP contribution >= 0.6 is 11.3 Å². The molecule has 7 nitrogen and oxygen atoms in total. The van der Waals surface area contributed by atoms with Crippen LogP contribution in [-0.4, -0.2) is 37.2 Å². The maximum atomic E-state index is 12.3. The van der Waals surface area contributed by atoms with Crippen LogP contribution in [0.1, 0.15) is 10.4 Å². The summed E-state index contributed by atoms with van der Waals surface area (Å²) < 4.78 is 38.8. The highest BCUT2D eigenvalue weighted by atomic mass is 32.1. The Kier molecular flexibility index (Phi) is 6.91. The SMILES string of the molecule is COc1ccc(-c2csc(NC(=O)COC(=O)c3cccc(OC(F)F)c3)n2)cc1. The monoisotopic (exact) mass is 434 g/mol. The molecular formula is C20H16F2N2O5S. The van der Waals surface area contributed by atoms with Gasteiger partial charge in [-0.15, -0.1) is 11.3 Å². The summed E-state index contributed by atoms with van der Waals surface area (Å²) in [6, 6.07) is 12.4. The molecule has 1 N–H and O–H groups in total. The summed E-state index contributed by atoms with van der Waals surface area (Å²) in [7, 11) is 1.58. The number of anilines is 1. The number of nitrogens with one attached hydrogen (secondary N) is 1. The van der Waals surface area contributed by atoms with Gasteiger partial charge in [-0.3, -0.25) is 10.1 Å². The predicted molar refractivity (Wildman–Crippen MR) is 106 cm³/mol. The number of carbonyl (C=O) groups excluding carboxylic acids is 2. The predicted octanol–water partition coefficient (Wildman–Crippen LogP) is 4.22. The molecule has 3 rings (SSSR count). The Labute approximate surface area is 174 Å². The Morgan fingerprint density at radius 2 is 1.90 bits per heavy atom. The Morgan fingerprint density at radius 1 is 1.13 bits per heavy atom. The lowest BCUT2D eigenvalue weighted by atomic mass is 10.2. The minimum absolute atomic E-state index is 0.0167. The first-order valence-corrected chi connectivity index (χ1v) is 9.44. The second kappa shape index (κ2) is 9.79. The smallest absolute Gasteiger partial charge is 0.387 e. The average molecular weight is 434 g/mol. The Bertz CT molecular complexity index is 1020. The molecular weight excluding hydrogens is 418 g/mol. The van der Waals surface area contributed by atoms with Crippen LogP contribution in [0.15, 0.2) is 53.9 Å². The van der Waals surface area contributed by atoms with Crippen LogP contribution < -0.4 is 14.8 Å². The molecule has 2 aromatic carbocycles. The molecule has 0 atom stereocenters. The van der Waals surface area contributed by atoms with Crippen LogP contribution in [0.3, 0.4) is 0 Å². The number of halogens is 2. The minimum atomic E-state index is -3.01. The number of amides is 1. The third kappa shape index (κ3) is 5.74. The van der Waals surface area contributed by atoms with Crippen molar-refractivity contribution >= 4 is 28.3 Å². The number of aromatic nitrogens is 1. The van der Waals surface area contributed by atoms with Gasteiger partial charge in [0, 0.05) is 10.9 Å². The van der Waals surface area contributed by atoms with E-state index in [0.29, 0.717) is 10.8 Å². The quantitative estimate of drug-likeness (QED) is 0.535. The van der Waals surface area contributed by atoms with E-state index in [9.17, 15) is 18.4 Å². The highest BCUT2D eigenvalue weighted by Crippen LogP contribution is 2.26. The lowest BCUT2D eigenvalue weighted by Gasteiger charge is -2.07. The van der Waals surface area contributed by atoms with Gasteiger partial charge in [0.05, 0.1) is 18.4 Å². The van der Waals surface area contributed by atoms with Gasteiger partial charge in [-0.05, 0) is 42.5 Å². The van der Waals surface area contributed by atoms with Crippen LogP contribution in [0.5, 0.6) is 11.5 Å². The van der Waals surface area contributed by atoms with Gasteiger partial charge in [-0.25, -0.2) is 9.78 Å². The van der Waals surface area contributed by atoms with E-state index in [1.165, 1.54) is 29.5 Å². The maximum Gasteiger partial charge on any atom is 0.387 e. The number of esters is 1. The van der Waals surface area contributed by atoms with E-state index < -0.39 is 25.1 Å². The average Bonchev–Trinajstić information content (AvgIpc) is 3.20. The standard InChI is InChI=1S/C20H16F2N2O5S/c1-27-14-7-5-12(6-8-14)16-11-30-20(23-16)24-17(25)10-28-18(26)13-3-2-4-15(9-13)29-19(21)22/h2-9,11,19H,10H2,1H3,(H,23,24,25). The molecule has 30 heavy (non-hydrogen) atoms. The molecule has 0 bridgehead atoms. The first kappa shape index (κ1) is 21.2. The summed E-state index contributed by atoms with van der Waals surface area (Å²) in [6.07, 6.45) is 0. The van der Waals surface area contributed by atoms with E-state index in [0.717, 1.165) is 17.4 Å². The fourth-order valence-corrected chi connectivity index (χ4v) is 3.13. The number of benzene rings is 2.